The highest BCUT2D eigenvalue weighted by Gasteiger charge is 2.15. The monoisotopic (exact) mass is 337 g/mol. The maximum absolute atomic E-state index is 12.1. The number of benzene rings is 1. The fourth-order valence-electron chi connectivity index (χ4n) is 2.18. The minimum atomic E-state index is -3.46. The number of hydrogen-bond acceptors (Lipinski definition) is 4. The number of hydrogen-bond donors (Lipinski definition) is 2. The zero-order chi connectivity index (χ0) is 16.9. The van der Waals surface area contributed by atoms with E-state index in [4.69, 9.17) is 0 Å². The fourth-order valence-corrected chi connectivity index (χ4v) is 3.48. The molecule has 2 rings (SSSR count). The van der Waals surface area contributed by atoms with E-state index in [1.54, 1.807) is 6.92 Å². The van der Waals surface area contributed by atoms with Gasteiger partial charge < -0.3 is 4.57 Å². The third-order valence-electron chi connectivity index (χ3n) is 3.36. The van der Waals surface area contributed by atoms with Crippen LogP contribution in [0.2, 0.25) is 0 Å². The standard InChI is InChI=1S/C15H19N3O4S/c1-12(13-6-3-2-4-7-13)17-23(21,22)11-5-9-18-10-8-14(19)16-15(18)20/h2-4,6-8,10,12,17H,5,9,11H2,1H3,(H,16,19,20)/t12-/m1/s1. The number of aryl methyl sites for hydroxylation is 1. The van der Waals surface area contributed by atoms with Crippen LogP contribution in [0.25, 0.3) is 0 Å². The molecule has 8 heteroatoms. The van der Waals surface area contributed by atoms with Gasteiger partial charge in [0.15, 0.2) is 0 Å². The van der Waals surface area contributed by atoms with E-state index in [2.05, 4.69) is 9.71 Å². The van der Waals surface area contributed by atoms with Crippen molar-refractivity contribution in [3.63, 3.8) is 0 Å². The van der Waals surface area contributed by atoms with Gasteiger partial charge in [-0.2, -0.15) is 0 Å². The summed E-state index contributed by atoms with van der Waals surface area (Å²) >= 11 is 0. The largest absolute Gasteiger partial charge is 0.328 e. The fraction of sp³-hybridized carbons (Fsp3) is 0.333. The highest BCUT2D eigenvalue weighted by molar-refractivity contribution is 7.89. The van der Waals surface area contributed by atoms with Crippen LogP contribution in [0.1, 0.15) is 24.9 Å². The lowest BCUT2D eigenvalue weighted by Gasteiger charge is -2.14. The van der Waals surface area contributed by atoms with Gasteiger partial charge in [-0.15, -0.1) is 0 Å². The Morgan fingerprint density at radius 1 is 1.17 bits per heavy atom. The number of nitrogens with zero attached hydrogens (tertiary/aromatic N) is 1. The molecule has 0 aliphatic carbocycles. The molecule has 7 nitrogen and oxygen atoms in total. The third kappa shape index (κ3) is 5.19. The van der Waals surface area contributed by atoms with E-state index < -0.39 is 21.3 Å². The number of sulfonamides is 1. The van der Waals surface area contributed by atoms with E-state index in [0.29, 0.717) is 0 Å². The van der Waals surface area contributed by atoms with Crippen LogP contribution in [0.5, 0.6) is 0 Å². The normalized spacial score (nSPS) is 12.9. The summed E-state index contributed by atoms with van der Waals surface area (Å²) in [5.41, 5.74) is -0.134. The Morgan fingerprint density at radius 3 is 2.52 bits per heavy atom. The topological polar surface area (TPSA) is 101 Å². The van der Waals surface area contributed by atoms with Crippen LogP contribution >= 0.6 is 0 Å². The van der Waals surface area contributed by atoms with E-state index in [1.165, 1.54) is 16.8 Å². The first-order valence-electron chi connectivity index (χ1n) is 7.22. The average molecular weight is 337 g/mol. The summed E-state index contributed by atoms with van der Waals surface area (Å²) in [6.07, 6.45) is 1.62. The van der Waals surface area contributed by atoms with Gasteiger partial charge in [0.25, 0.3) is 5.56 Å². The molecule has 1 heterocycles. The molecular formula is C15H19N3O4S. The van der Waals surface area contributed by atoms with Crippen LogP contribution < -0.4 is 16.0 Å². The molecule has 1 atom stereocenters. The third-order valence-corrected chi connectivity index (χ3v) is 4.90. The van der Waals surface area contributed by atoms with Crippen molar-refractivity contribution >= 4 is 10.0 Å². The first-order chi connectivity index (χ1) is 10.9. The van der Waals surface area contributed by atoms with Crippen LogP contribution in [0.4, 0.5) is 0 Å². The summed E-state index contributed by atoms with van der Waals surface area (Å²) in [5, 5.41) is 0. The number of H-pyrrole nitrogens is 1. The predicted molar refractivity (Wildman–Crippen MR) is 87.7 cm³/mol. The minimum absolute atomic E-state index is 0.101. The first kappa shape index (κ1) is 17.2. The summed E-state index contributed by atoms with van der Waals surface area (Å²) in [4.78, 5) is 24.6. The van der Waals surface area contributed by atoms with Gasteiger partial charge in [-0.1, -0.05) is 30.3 Å². The predicted octanol–water partition coefficient (Wildman–Crippen LogP) is 0.607. The lowest BCUT2D eigenvalue weighted by atomic mass is 10.1. The molecular weight excluding hydrogens is 318 g/mol. The maximum atomic E-state index is 12.1. The zero-order valence-electron chi connectivity index (χ0n) is 12.7. The number of nitrogens with one attached hydrogen (secondary N) is 2. The summed E-state index contributed by atoms with van der Waals surface area (Å²) in [7, 11) is -3.46. The zero-order valence-corrected chi connectivity index (χ0v) is 13.5. The molecule has 0 amide bonds. The first-order valence-corrected chi connectivity index (χ1v) is 8.87. The van der Waals surface area contributed by atoms with E-state index in [9.17, 15) is 18.0 Å². The van der Waals surface area contributed by atoms with Crippen molar-refractivity contribution < 1.29 is 8.42 Å². The van der Waals surface area contributed by atoms with Crippen molar-refractivity contribution in [1.82, 2.24) is 14.3 Å². The molecule has 124 valence electrons. The van der Waals surface area contributed by atoms with Gasteiger partial charge in [-0.3, -0.25) is 9.78 Å². The van der Waals surface area contributed by atoms with Gasteiger partial charge in [-0.25, -0.2) is 17.9 Å². The molecule has 1 aromatic heterocycles. The summed E-state index contributed by atoms with van der Waals surface area (Å²) in [6.45, 7) is 2.00. The summed E-state index contributed by atoms with van der Waals surface area (Å²) < 4.78 is 28.1. The Labute approximate surface area is 134 Å². The molecule has 0 radical (unpaired) electrons. The molecule has 0 saturated carbocycles. The highest BCUT2D eigenvalue weighted by Crippen LogP contribution is 2.12. The minimum Gasteiger partial charge on any atom is -0.301 e. The van der Waals surface area contributed by atoms with Crippen molar-refractivity contribution in [2.45, 2.75) is 25.9 Å². The van der Waals surface area contributed by atoms with Crippen molar-refractivity contribution in [1.29, 1.82) is 0 Å². The van der Waals surface area contributed by atoms with Gasteiger partial charge in [0.05, 0.1) is 5.75 Å². The molecule has 0 aliphatic heterocycles. The van der Waals surface area contributed by atoms with Gasteiger partial charge in [0, 0.05) is 24.8 Å². The lowest BCUT2D eigenvalue weighted by molar-refractivity contribution is 0.556. The highest BCUT2D eigenvalue weighted by atomic mass is 32.2. The average Bonchev–Trinajstić information content (AvgIpc) is 2.50. The molecule has 1 aromatic carbocycles. The van der Waals surface area contributed by atoms with Crippen molar-refractivity contribution in [2.75, 3.05) is 5.75 Å². The maximum Gasteiger partial charge on any atom is 0.328 e. The van der Waals surface area contributed by atoms with Gasteiger partial charge in [0.1, 0.15) is 0 Å². The second-order valence-corrected chi connectivity index (χ2v) is 7.10. The van der Waals surface area contributed by atoms with E-state index in [1.807, 2.05) is 30.3 Å². The Bertz CT molecular complexity index is 856. The SMILES string of the molecule is C[C@@H](NS(=O)(=O)CCCn1ccc(=O)[nH]c1=O)c1ccccc1. The van der Waals surface area contributed by atoms with Crippen LogP contribution in [0.3, 0.4) is 0 Å². The van der Waals surface area contributed by atoms with Crippen molar-refractivity contribution in [3.05, 3.63) is 69.0 Å². The van der Waals surface area contributed by atoms with Crippen LogP contribution in [-0.2, 0) is 16.6 Å². The van der Waals surface area contributed by atoms with Gasteiger partial charge in [0.2, 0.25) is 10.0 Å². The molecule has 2 aromatic rings. The van der Waals surface area contributed by atoms with Crippen LogP contribution in [0.15, 0.2) is 52.2 Å². The van der Waals surface area contributed by atoms with Crippen molar-refractivity contribution in [3.8, 4) is 0 Å². The van der Waals surface area contributed by atoms with Crippen molar-refractivity contribution in [2.24, 2.45) is 0 Å². The molecule has 0 saturated heterocycles. The molecule has 0 bridgehead atoms. The van der Waals surface area contributed by atoms with Gasteiger partial charge in [-0.05, 0) is 18.9 Å². The molecule has 0 aliphatic rings. The van der Waals surface area contributed by atoms with Crippen LogP contribution in [-0.4, -0.2) is 23.7 Å². The van der Waals surface area contributed by atoms with Gasteiger partial charge >= 0.3 is 5.69 Å². The second-order valence-electron chi connectivity index (χ2n) is 5.23. The second kappa shape index (κ2) is 7.38. The Kier molecular flexibility index (Phi) is 5.51. The lowest BCUT2D eigenvalue weighted by Crippen LogP contribution is -2.31. The van der Waals surface area contributed by atoms with E-state index in [-0.39, 0.29) is 24.8 Å². The molecule has 23 heavy (non-hydrogen) atoms. The van der Waals surface area contributed by atoms with Crippen LogP contribution in [0, 0.1) is 0 Å². The molecule has 2 N–H and O–H groups in total. The Hall–Kier alpha value is -2.19. The molecule has 0 spiro atoms. The Balaban J connectivity index is 1.91. The number of aromatic amines is 1. The van der Waals surface area contributed by atoms with E-state index in [0.717, 1.165) is 5.56 Å². The number of rotatable bonds is 7. The Morgan fingerprint density at radius 2 is 1.87 bits per heavy atom. The molecule has 0 unspecified atom stereocenters. The summed E-state index contributed by atoms with van der Waals surface area (Å²) in [5.74, 6) is -0.101. The molecule has 0 fully saturated rings. The quantitative estimate of drug-likeness (QED) is 0.773. The van der Waals surface area contributed by atoms with E-state index >= 15 is 0 Å². The number of aromatic nitrogens is 2. The smallest absolute Gasteiger partial charge is 0.301 e. The summed E-state index contributed by atoms with van der Waals surface area (Å²) in [6, 6.07) is 10.2.